The first-order valence-corrected chi connectivity index (χ1v) is 1.61. The van der Waals surface area contributed by atoms with E-state index in [2.05, 4.69) is 10.2 Å². The molecular weight excluding hydrogens is 92.1 g/mol. The van der Waals surface area contributed by atoms with Crippen LogP contribution in [0.25, 0.3) is 0 Å². The predicted molar refractivity (Wildman–Crippen MR) is 25.4 cm³/mol. The van der Waals surface area contributed by atoms with Crippen LogP contribution in [0.1, 0.15) is 5.48 Å². The third-order valence-electron chi connectivity index (χ3n) is 0.526. The summed E-state index contributed by atoms with van der Waals surface area (Å²) in [6.07, 6.45) is -0.456. The van der Waals surface area contributed by atoms with Gasteiger partial charge < -0.3 is 10.3 Å². The first-order valence-electron chi connectivity index (χ1n) is 3.61. The molecule has 0 radical (unpaired) electrons. The van der Waals surface area contributed by atoms with Crippen LogP contribution >= 0.6 is 0 Å². The lowest BCUT2D eigenvalue weighted by Gasteiger charge is -1.84. The number of nitrogens with zero attached hydrogens (tertiary/aromatic N) is 3. The molecule has 0 saturated carbocycles. The Labute approximate surface area is 46.6 Å². The standard InChI is InChI=1S/C3H6N4/c1-7-2-5-6-3(7)4/h2H,1H3,(H2,4,6)/i1D3,2D. The minimum Gasteiger partial charge on any atom is -0.368 e. The number of anilines is 1. The van der Waals surface area contributed by atoms with Crippen LogP contribution in [0.5, 0.6) is 0 Å². The normalized spacial score (nSPS) is 19.4. The van der Waals surface area contributed by atoms with Crippen molar-refractivity contribution >= 4 is 5.95 Å². The highest BCUT2D eigenvalue weighted by atomic mass is 15.3. The fraction of sp³-hybridized carbons (Fsp3) is 0.333. The summed E-state index contributed by atoms with van der Waals surface area (Å²) in [5, 5.41) is 6.40. The summed E-state index contributed by atoms with van der Waals surface area (Å²) in [5.74, 6) is -0.269. The second-order valence-corrected chi connectivity index (χ2v) is 0.994. The van der Waals surface area contributed by atoms with Crippen LogP contribution in [0.2, 0.25) is 0 Å². The van der Waals surface area contributed by atoms with E-state index >= 15 is 0 Å². The summed E-state index contributed by atoms with van der Waals surface area (Å²) in [6.45, 7) is -2.47. The van der Waals surface area contributed by atoms with Crippen molar-refractivity contribution in [2.75, 3.05) is 5.73 Å². The largest absolute Gasteiger partial charge is 0.368 e. The highest BCUT2D eigenvalue weighted by Crippen LogP contribution is 1.86. The lowest BCUT2D eigenvalue weighted by Crippen LogP contribution is -1.94. The van der Waals surface area contributed by atoms with Gasteiger partial charge in [-0.25, -0.2) is 0 Å². The van der Waals surface area contributed by atoms with Gasteiger partial charge in [0, 0.05) is 11.1 Å². The Morgan fingerprint density at radius 3 is 3.43 bits per heavy atom. The van der Waals surface area contributed by atoms with Crippen molar-refractivity contribution in [3.8, 4) is 0 Å². The molecule has 4 nitrogen and oxygen atoms in total. The molecule has 38 valence electrons. The summed E-state index contributed by atoms with van der Waals surface area (Å²) in [7, 11) is 0. The molecule has 0 atom stereocenters. The zero-order chi connectivity index (χ0) is 8.65. The summed E-state index contributed by atoms with van der Waals surface area (Å²) >= 11 is 0. The van der Waals surface area contributed by atoms with Crippen molar-refractivity contribution in [3.05, 3.63) is 6.30 Å². The van der Waals surface area contributed by atoms with Gasteiger partial charge in [0.05, 0.1) is 0 Å². The van der Waals surface area contributed by atoms with Crippen molar-refractivity contribution in [3.63, 3.8) is 0 Å². The molecule has 0 bridgehead atoms. The number of hydrogen-bond acceptors (Lipinski definition) is 3. The number of aromatic nitrogens is 3. The molecule has 0 aliphatic heterocycles. The van der Waals surface area contributed by atoms with Gasteiger partial charge in [-0.1, -0.05) is 0 Å². The molecule has 0 saturated heterocycles. The highest BCUT2D eigenvalue weighted by molar-refractivity contribution is 5.11. The van der Waals surface area contributed by atoms with Gasteiger partial charge in [-0.3, -0.25) is 0 Å². The van der Waals surface area contributed by atoms with E-state index in [1.807, 2.05) is 0 Å². The molecule has 1 rings (SSSR count). The maximum absolute atomic E-state index is 7.00. The van der Waals surface area contributed by atoms with Crippen LogP contribution in [0.15, 0.2) is 6.30 Å². The van der Waals surface area contributed by atoms with Crippen molar-refractivity contribution < 1.29 is 5.48 Å². The van der Waals surface area contributed by atoms with Crippen LogP contribution < -0.4 is 5.73 Å². The van der Waals surface area contributed by atoms with Gasteiger partial charge in [-0.15, -0.1) is 10.2 Å². The molecular formula is C3H6N4. The van der Waals surface area contributed by atoms with Crippen LogP contribution in [0.3, 0.4) is 0 Å². The molecule has 0 aliphatic rings. The summed E-state index contributed by atoms with van der Waals surface area (Å²) < 4.78 is 28.2. The Kier molecular flexibility index (Phi) is 0.255. The van der Waals surface area contributed by atoms with E-state index in [0.29, 0.717) is 4.57 Å². The Bertz CT molecular complexity index is 243. The molecule has 0 aliphatic carbocycles. The average Bonchev–Trinajstić information content (AvgIpc) is 2.08. The highest BCUT2D eigenvalue weighted by Gasteiger charge is 1.86. The number of nitrogen functional groups attached to an aromatic ring is 1. The quantitative estimate of drug-likeness (QED) is 0.475. The third-order valence-corrected chi connectivity index (χ3v) is 0.526. The smallest absolute Gasteiger partial charge is 0.221 e. The monoisotopic (exact) mass is 102 g/mol. The van der Waals surface area contributed by atoms with E-state index in [1.54, 1.807) is 0 Å². The Morgan fingerprint density at radius 2 is 3.14 bits per heavy atom. The van der Waals surface area contributed by atoms with Crippen LogP contribution in [0, 0.1) is 0 Å². The van der Waals surface area contributed by atoms with Crippen LogP contribution in [-0.2, 0) is 6.98 Å². The fourth-order valence-electron chi connectivity index (χ4n) is 0.214. The SMILES string of the molecule is [2H]c1nnc(N)n1C([2H])([2H])[2H]. The lowest BCUT2D eigenvalue weighted by molar-refractivity contribution is 0.924. The molecule has 1 heterocycles. The van der Waals surface area contributed by atoms with E-state index in [4.69, 9.17) is 11.2 Å². The average molecular weight is 102 g/mol. The number of hydrogen-bond donors (Lipinski definition) is 1. The second-order valence-electron chi connectivity index (χ2n) is 0.994. The minimum atomic E-state index is -2.47. The zero-order valence-corrected chi connectivity index (χ0v) is 3.42. The molecule has 0 unspecified atom stereocenters. The molecule has 1 aromatic rings. The second kappa shape index (κ2) is 1.22. The van der Waals surface area contributed by atoms with Gasteiger partial charge in [0.1, 0.15) is 7.67 Å². The first kappa shape index (κ1) is 1.47. The molecule has 0 fully saturated rings. The molecule has 0 aromatic carbocycles. The predicted octanol–water partition coefficient (Wildman–Crippen LogP) is -0.603. The van der Waals surface area contributed by atoms with Gasteiger partial charge in [-0.2, -0.15) is 0 Å². The number of nitrogens with two attached hydrogens (primary N) is 1. The van der Waals surface area contributed by atoms with Crippen molar-refractivity contribution in [1.82, 2.24) is 14.8 Å². The molecule has 2 N–H and O–H groups in total. The fourth-order valence-corrected chi connectivity index (χ4v) is 0.214. The maximum atomic E-state index is 7.00. The van der Waals surface area contributed by atoms with Gasteiger partial charge in [-0.05, 0) is 0 Å². The van der Waals surface area contributed by atoms with E-state index in [-0.39, 0.29) is 5.95 Å². The maximum Gasteiger partial charge on any atom is 0.221 e. The van der Waals surface area contributed by atoms with Gasteiger partial charge in [0.25, 0.3) is 0 Å². The Hall–Kier alpha value is -1.06. The van der Waals surface area contributed by atoms with E-state index in [0.717, 1.165) is 0 Å². The Morgan fingerprint density at radius 1 is 2.29 bits per heavy atom. The minimum absolute atomic E-state index is 0.269. The van der Waals surface area contributed by atoms with Crippen molar-refractivity contribution in [2.24, 2.45) is 6.98 Å². The lowest BCUT2D eigenvalue weighted by atomic mass is 11.0. The van der Waals surface area contributed by atoms with Crippen LogP contribution in [0.4, 0.5) is 5.95 Å². The number of rotatable bonds is 0. The summed E-state index contributed by atoms with van der Waals surface area (Å²) in [5.41, 5.74) is 5.14. The van der Waals surface area contributed by atoms with Crippen molar-refractivity contribution in [1.29, 1.82) is 0 Å². The van der Waals surface area contributed by atoms with Gasteiger partial charge in [0.15, 0.2) is 0 Å². The molecule has 0 amide bonds. The zero-order valence-electron chi connectivity index (χ0n) is 7.42. The topological polar surface area (TPSA) is 56.7 Å². The van der Waals surface area contributed by atoms with E-state index in [1.165, 1.54) is 0 Å². The molecule has 4 heteroatoms. The van der Waals surface area contributed by atoms with Crippen LogP contribution in [-0.4, -0.2) is 14.8 Å². The third kappa shape index (κ3) is 0.534. The summed E-state index contributed by atoms with van der Waals surface area (Å²) in [4.78, 5) is 0. The van der Waals surface area contributed by atoms with E-state index in [9.17, 15) is 0 Å². The van der Waals surface area contributed by atoms with Gasteiger partial charge >= 0.3 is 0 Å². The molecule has 7 heavy (non-hydrogen) atoms. The van der Waals surface area contributed by atoms with E-state index < -0.39 is 13.3 Å². The summed E-state index contributed by atoms with van der Waals surface area (Å²) in [6, 6.07) is 0. The molecule has 0 spiro atoms. The molecule has 1 aromatic heterocycles. The Balaban J connectivity index is 3.21. The van der Waals surface area contributed by atoms with Crippen molar-refractivity contribution in [2.45, 2.75) is 0 Å². The van der Waals surface area contributed by atoms with Gasteiger partial charge in [0.2, 0.25) is 5.95 Å². The first-order chi connectivity index (χ1) is 4.93.